The Hall–Kier alpha value is -2.98. The van der Waals surface area contributed by atoms with E-state index in [0.717, 1.165) is 24.8 Å². The molecule has 0 aliphatic carbocycles. The van der Waals surface area contributed by atoms with Crippen LogP contribution in [0.5, 0.6) is 5.88 Å². The lowest BCUT2D eigenvalue weighted by Crippen LogP contribution is -2.34. The third-order valence-corrected chi connectivity index (χ3v) is 3.83. The molecule has 1 N–H and O–H groups in total. The Labute approximate surface area is 130 Å². The third-order valence-electron chi connectivity index (χ3n) is 3.83. The molecule has 1 aliphatic heterocycles. The largest absolute Gasteiger partial charge is 0.449 e. The number of nitriles is 1. The number of rotatable bonds is 2. The third kappa shape index (κ3) is 2.29. The molecular formula is C16H12N4O3. The van der Waals surface area contributed by atoms with Crippen LogP contribution in [0.15, 0.2) is 28.7 Å². The van der Waals surface area contributed by atoms with E-state index in [0.29, 0.717) is 11.1 Å². The van der Waals surface area contributed by atoms with Crippen LogP contribution in [0.4, 0.5) is 0 Å². The molecule has 0 bridgehead atoms. The van der Waals surface area contributed by atoms with Gasteiger partial charge in [0.25, 0.3) is 5.88 Å². The van der Waals surface area contributed by atoms with Crippen molar-refractivity contribution >= 4 is 28.0 Å². The molecule has 7 nitrogen and oxygen atoms in total. The molecule has 0 saturated carbocycles. The molecule has 1 aromatic carbocycles. The molecule has 1 aliphatic rings. The summed E-state index contributed by atoms with van der Waals surface area (Å²) in [6.45, 7) is 0.785. The maximum Gasteiger partial charge on any atom is 0.329 e. The molecule has 4 rings (SSSR count). The van der Waals surface area contributed by atoms with Gasteiger partial charge in [0.05, 0.1) is 0 Å². The SMILES string of the molecule is N#Cc1nc(OC(=O)[C@@H]2CCCN2)c2oc3ccccc3c2n1. The molecule has 114 valence electrons. The van der Waals surface area contributed by atoms with E-state index in [1.165, 1.54) is 0 Å². The van der Waals surface area contributed by atoms with Crippen LogP contribution in [0.25, 0.3) is 22.1 Å². The summed E-state index contributed by atoms with van der Waals surface area (Å²) in [7, 11) is 0. The van der Waals surface area contributed by atoms with Crippen molar-refractivity contribution in [3.8, 4) is 11.9 Å². The van der Waals surface area contributed by atoms with Crippen molar-refractivity contribution in [2.75, 3.05) is 6.54 Å². The summed E-state index contributed by atoms with van der Waals surface area (Å²) in [5.74, 6) is -0.500. The fourth-order valence-electron chi connectivity index (χ4n) is 2.74. The Morgan fingerprint density at radius 1 is 1.39 bits per heavy atom. The number of ether oxygens (including phenoxy) is 1. The molecular weight excluding hydrogens is 296 g/mol. The quantitative estimate of drug-likeness (QED) is 0.721. The Balaban J connectivity index is 1.84. The molecule has 2 aromatic heterocycles. The Bertz CT molecular complexity index is 951. The summed E-state index contributed by atoms with van der Waals surface area (Å²) in [6.07, 6.45) is 1.64. The number of para-hydroxylation sites is 1. The number of hydrogen-bond acceptors (Lipinski definition) is 7. The monoisotopic (exact) mass is 308 g/mol. The molecule has 7 heteroatoms. The van der Waals surface area contributed by atoms with Gasteiger partial charge in [-0.2, -0.15) is 10.2 Å². The van der Waals surface area contributed by atoms with Crippen LogP contribution in [0, 0.1) is 11.3 Å². The van der Waals surface area contributed by atoms with Gasteiger partial charge in [0.2, 0.25) is 11.4 Å². The molecule has 0 amide bonds. The average molecular weight is 308 g/mol. The van der Waals surface area contributed by atoms with E-state index < -0.39 is 5.97 Å². The zero-order valence-corrected chi connectivity index (χ0v) is 12.1. The highest BCUT2D eigenvalue weighted by molar-refractivity contribution is 6.04. The summed E-state index contributed by atoms with van der Waals surface area (Å²) in [4.78, 5) is 20.4. The Kier molecular flexibility index (Phi) is 3.17. The number of carbonyl (C=O) groups excluding carboxylic acids is 1. The van der Waals surface area contributed by atoms with Crippen molar-refractivity contribution in [1.82, 2.24) is 15.3 Å². The van der Waals surface area contributed by atoms with Crippen LogP contribution in [0.3, 0.4) is 0 Å². The van der Waals surface area contributed by atoms with Crippen LogP contribution in [0.2, 0.25) is 0 Å². The lowest BCUT2D eigenvalue weighted by molar-refractivity contribution is -0.136. The van der Waals surface area contributed by atoms with E-state index in [1.807, 2.05) is 24.3 Å². The van der Waals surface area contributed by atoms with E-state index in [9.17, 15) is 4.79 Å². The standard InChI is InChI=1S/C16H12N4O3/c17-8-12-19-13-9-4-1-2-6-11(9)22-14(13)15(20-12)23-16(21)10-5-3-7-18-10/h1-2,4,6,10,18H,3,5,7H2/t10-/m0/s1. The van der Waals surface area contributed by atoms with Crippen molar-refractivity contribution in [2.24, 2.45) is 0 Å². The lowest BCUT2D eigenvalue weighted by Gasteiger charge is -2.09. The van der Waals surface area contributed by atoms with E-state index in [1.54, 1.807) is 6.07 Å². The molecule has 1 saturated heterocycles. The highest BCUT2D eigenvalue weighted by Crippen LogP contribution is 2.32. The van der Waals surface area contributed by atoms with Crippen LogP contribution in [-0.2, 0) is 4.79 Å². The summed E-state index contributed by atoms with van der Waals surface area (Å²) in [6, 6.07) is 8.83. The highest BCUT2D eigenvalue weighted by atomic mass is 16.5. The van der Waals surface area contributed by atoms with E-state index in [-0.39, 0.29) is 23.3 Å². The van der Waals surface area contributed by atoms with Gasteiger partial charge in [-0.15, -0.1) is 0 Å². The smallest absolute Gasteiger partial charge is 0.329 e. The molecule has 3 aromatic rings. The molecule has 0 unspecified atom stereocenters. The van der Waals surface area contributed by atoms with Crippen LogP contribution < -0.4 is 10.1 Å². The summed E-state index contributed by atoms with van der Waals surface area (Å²) < 4.78 is 11.1. The fraction of sp³-hybridized carbons (Fsp3) is 0.250. The lowest BCUT2D eigenvalue weighted by atomic mass is 10.2. The molecule has 23 heavy (non-hydrogen) atoms. The van der Waals surface area contributed by atoms with Crippen molar-refractivity contribution in [3.05, 3.63) is 30.1 Å². The second kappa shape index (κ2) is 5.34. The number of nitrogens with one attached hydrogen (secondary N) is 1. The van der Waals surface area contributed by atoms with Gasteiger partial charge in [0.15, 0.2) is 0 Å². The maximum absolute atomic E-state index is 12.2. The number of esters is 1. The van der Waals surface area contributed by atoms with Crippen molar-refractivity contribution in [2.45, 2.75) is 18.9 Å². The number of carbonyl (C=O) groups is 1. The summed E-state index contributed by atoms with van der Waals surface area (Å²) >= 11 is 0. The molecule has 0 radical (unpaired) electrons. The van der Waals surface area contributed by atoms with Gasteiger partial charge >= 0.3 is 5.97 Å². The normalized spacial score (nSPS) is 17.4. The van der Waals surface area contributed by atoms with E-state index in [2.05, 4.69) is 15.3 Å². The maximum atomic E-state index is 12.2. The minimum absolute atomic E-state index is 0.0125. The second-order valence-corrected chi connectivity index (χ2v) is 5.31. The number of benzene rings is 1. The summed E-state index contributed by atoms with van der Waals surface area (Å²) in [5.41, 5.74) is 1.34. The van der Waals surface area contributed by atoms with Gasteiger partial charge in [-0.3, -0.25) is 0 Å². The minimum Gasteiger partial charge on any atom is -0.449 e. The van der Waals surface area contributed by atoms with Crippen LogP contribution in [-0.4, -0.2) is 28.5 Å². The number of aromatic nitrogens is 2. The second-order valence-electron chi connectivity index (χ2n) is 5.31. The first-order valence-corrected chi connectivity index (χ1v) is 7.31. The van der Waals surface area contributed by atoms with Gasteiger partial charge in [-0.25, -0.2) is 9.78 Å². The number of nitrogens with zero attached hydrogens (tertiary/aromatic N) is 3. The van der Waals surface area contributed by atoms with Gasteiger partial charge in [-0.1, -0.05) is 12.1 Å². The highest BCUT2D eigenvalue weighted by Gasteiger charge is 2.26. The topological polar surface area (TPSA) is 101 Å². The Morgan fingerprint density at radius 2 is 2.26 bits per heavy atom. The number of hydrogen-bond donors (Lipinski definition) is 1. The van der Waals surface area contributed by atoms with Crippen molar-refractivity contribution in [1.29, 1.82) is 5.26 Å². The fourth-order valence-corrected chi connectivity index (χ4v) is 2.74. The molecule has 3 heterocycles. The average Bonchev–Trinajstić information content (AvgIpc) is 3.22. The van der Waals surface area contributed by atoms with E-state index >= 15 is 0 Å². The predicted molar refractivity (Wildman–Crippen MR) is 80.7 cm³/mol. The number of furan rings is 1. The van der Waals surface area contributed by atoms with Gasteiger partial charge in [0, 0.05) is 5.39 Å². The van der Waals surface area contributed by atoms with Gasteiger partial charge < -0.3 is 14.5 Å². The first kappa shape index (κ1) is 13.7. The molecule has 1 fully saturated rings. The molecule has 1 atom stereocenters. The Morgan fingerprint density at radius 3 is 3.04 bits per heavy atom. The number of fused-ring (bicyclic) bond motifs is 3. The van der Waals surface area contributed by atoms with E-state index in [4.69, 9.17) is 14.4 Å². The predicted octanol–water partition coefficient (Wildman–Crippen LogP) is 1.91. The van der Waals surface area contributed by atoms with Crippen LogP contribution in [0.1, 0.15) is 18.7 Å². The van der Waals surface area contributed by atoms with Crippen LogP contribution >= 0.6 is 0 Å². The zero-order chi connectivity index (χ0) is 15.8. The molecule has 0 spiro atoms. The minimum atomic E-state index is -0.424. The van der Waals surface area contributed by atoms with Crippen molar-refractivity contribution in [3.63, 3.8) is 0 Å². The first-order valence-electron chi connectivity index (χ1n) is 7.31. The zero-order valence-electron chi connectivity index (χ0n) is 12.1. The summed E-state index contributed by atoms with van der Waals surface area (Å²) in [5, 5.41) is 12.9. The van der Waals surface area contributed by atoms with Gasteiger partial charge in [-0.05, 0) is 31.5 Å². The first-order chi connectivity index (χ1) is 11.3. The van der Waals surface area contributed by atoms with Crippen molar-refractivity contribution < 1.29 is 13.9 Å². The van der Waals surface area contributed by atoms with Gasteiger partial charge in [0.1, 0.15) is 23.2 Å².